The summed E-state index contributed by atoms with van der Waals surface area (Å²) in [4.78, 5) is 0. The molecule has 1 unspecified atom stereocenters. The minimum absolute atomic E-state index is 0.154. The van der Waals surface area contributed by atoms with Crippen molar-refractivity contribution in [3.05, 3.63) is 12.7 Å². The highest BCUT2D eigenvalue weighted by Crippen LogP contribution is 2.32. The smallest absolute Gasteiger partial charge is 0.151 e. The number of hydrogen-bond acceptors (Lipinski definition) is 2. The fourth-order valence-corrected chi connectivity index (χ4v) is 3.38. The molecule has 0 aliphatic carbocycles. The van der Waals surface area contributed by atoms with Crippen LogP contribution >= 0.6 is 0 Å². The summed E-state index contributed by atoms with van der Waals surface area (Å²) in [6.07, 6.45) is 2.48. The van der Waals surface area contributed by atoms with Gasteiger partial charge in [-0.15, -0.1) is 6.58 Å². The first-order valence-electron chi connectivity index (χ1n) is 3.31. The van der Waals surface area contributed by atoms with Gasteiger partial charge in [0.1, 0.15) is 0 Å². The van der Waals surface area contributed by atoms with E-state index in [9.17, 15) is 8.42 Å². The predicted octanol–water partition coefficient (Wildman–Crippen LogP) is 0.997. The monoisotopic (exact) mass is 160 g/mol. The van der Waals surface area contributed by atoms with Crippen LogP contribution < -0.4 is 0 Å². The highest BCUT2D eigenvalue weighted by Gasteiger charge is 2.35. The van der Waals surface area contributed by atoms with Crippen LogP contribution in [0.5, 0.6) is 0 Å². The molecule has 0 N–H and O–H groups in total. The zero-order valence-corrected chi connectivity index (χ0v) is 6.95. The van der Waals surface area contributed by atoms with Gasteiger partial charge < -0.3 is 0 Å². The molecule has 58 valence electrons. The first-order chi connectivity index (χ1) is 4.47. The van der Waals surface area contributed by atoms with E-state index in [1.807, 2.05) is 6.92 Å². The molecular weight excluding hydrogens is 148 g/mol. The zero-order valence-electron chi connectivity index (χ0n) is 6.13. The van der Waals surface area contributed by atoms with Crippen molar-refractivity contribution in [2.75, 3.05) is 11.5 Å². The first-order valence-corrected chi connectivity index (χ1v) is 5.14. The fourth-order valence-electron chi connectivity index (χ4n) is 1.20. The molecule has 0 aromatic rings. The van der Waals surface area contributed by atoms with Crippen molar-refractivity contribution in [2.24, 2.45) is 5.41 Å². The summed E-state index contributed by atoms with van der Waals surface area (Å²) >= 11 is 0. The molecule has 1 saturated heterocycles. The quantitative estimate of drug-likeness (QED) is 0.536. The van der Waals surface area contributed by atoms with Gasteiger partial charge in [-0.25, -0.2) is 8.42 Å². The highest BCUT2D eigenvalue weighted by molar-refractivity contribution is 7.91. The minimum Gasteiger partial charge on any atom is -0.229 e. The van der Waals surface area contributed by atoms with E-state index in [4.69, 9.17) is 0 Å². The van der Waals surface area contributed by atoms with Crippen LogP contribution in [0.25, 0.3) is 0 Å². The second-order valence-electron chi connectivity index (χ2n) is 3.20. The lowest BCUT2D eigenvalue weighted by Crippen LogP contribution is -2.13. The molecule has 0 amide bonds. The van der Waals surface area contributed by atoms with Crippen LogP contribution in [0.1, 0.15) is 13.3 Å². The molecule has 2 nitrogen and oxygen atoms in total. The van der Waals surface area contributed by atoms with E-state index in [1.165, 1.54) is 0 Å². The Morgan fingerprint density at radius 1 is 1.60 bits per heavy atom. The molecule has 1 heterocycles. The van der Waals surface area contributed by atoms with Crippen LogP contribution in [0.15, 0.2) is 12.7 Å². The summed E-state index contributed by atoms with van der Waals surface area (Å²) in [5.74, 6) is 0.610. The summed E-state index contributed by atoms with van der Waals surface area (Å²) < 4.78 is 21.9. The van der Waals surface area contributed by atoms with E-state index >= 15 is 0 Å². The van der Waals surface area contributed by atoms with E-state index in [0.29, 0.717) is 5.75 Å². The van der Waals surface area contributed by atoms with Gasteiger partial charge in [0.15, 0.2) is 9.84 Å². The van der Waals surface area contributed by atoms with Crippen molar-refractivity contribution < 1.29 is 8.42 Å². The Kier molecular flexibility index (Phi) is 1.63. The Balaban J connectivity index is 2.86. The number of sulfone groups is 1. The molecule has 0 saturated carbocycles. The Bertz CT molecular complexity index is 240. The molecule has 1 fully saturated rings. The van der Waals surface area contributed by atoms with Crippen LogP contribution in [-0.2, 0) is 9.84 Å². The van der Waals surface area contributed by atoms with Crippen molar-refractivity contribution in [2.45, 2.75) is 13.3 Å². The summed E-state index contributed by atoms with van der Waals surface area (Å²) in [6.45, 7) is 5.55. The average molecular weight is 160 g/mol. The van der Waals surface area contributed by atoms with Crippen LogP contribution in [0.2, 0.25) is 0 Å². The normalized spacial score (nSPS) is 37.7. The molecule has 1 aliphatic rings. The lowest BCUT2D eigenvalue weighted by Gasteiger charge is -2.14. The SMILES string of the molecule is C=CC1(C)CCS(=O)(=O)C1. The summed E-state index contributed by atoms with van der Waals surface area (Å²) in [5, 5.41) is 0. The first kappa shape index (κ1) is 7.79. The van der Waals surface area contributed by atoms with Gasteiger partial charge in [0, 0.05) is 5.41 Å². The molecule has 1 atom stereocenters. The maximum atomic E-state index is 11.0. The Hall–Kier alpha value is -0.310. The maximum absolute atomic E-state index is 11.0. The van der Waals surface area contributed by atoms with Crippen molar-refractivity contribution in [3.8, 4) is 0 Å². The fraction of sp³-hybridized carbons (Fsp3) is 0.714. The maximum Gasteiger partial charge on any atom is 0.151 e. The van der Waals surface area contributed by atoms with E-state index < -0.39 is 9.84 Å². The highest BCUT2D eigenvalue weighted by atomic mass is 32.2. The van der Waals surface area contributed by atoms with Crippen LogP contribution in [0.3, 0.4) is 0 Å². The van der Waals surface area contributed by atoms with Gasteiger partial charge in [-0.2, -0.15) is 0 Å². The van der Waals surface area contributed by atoms with Crippen molar-refractivity contribution in [3.63, 3.8) is 0 Å². The molecule has 0 radical (unpaired) electrons. The predicted molar refractivity (Wildman–Crippen MR) is 41.6 cm³/mol. The topological polar surface area (TPSA) is 34.1 Å². The third-order valence-corrected chi connectivity index (χ3v) is 3.95. The van der Waals surface area contributed by atoms with E-state index in [1.54, 1.807) is 6.08 Å². The largest absolute Gasteiger partial charge is 0.229 e. The standard InChI is InChI=1S/C7H12O2S/c1-3-7(2)4-5-10(8,9)6-7/h3H,1,4-6H2,2H3. The van der Waals surface area contributed by atoms with Crippen LogP contribution in [0, 0.1) is 5.41 Å². The Morgan fingerprint density at radius 2 is 2.20 bits per heavy atom. The van der Waals surface area contributed by atoms with Gasteiger partial charge in [0.2, 0.25) is 0 Å². The Morgan fingerprint density at radius 3 is 2.40 bits per heavy atom. The lowest BCUT2D eigenvalue weighted by atomic mass is 9.91. The second-order valence-corrected chi connectivity index (χ2v) is 5.38. The average Bonchev–Trinajstić information content (AvgIpc) is 2.08. The molecule has 0 aromatic carbocycles. The molecule has 10 heavy (non-hydrogen) atoms. The van der Waals surface area contributed by atoms with Gasteiger partial charge in [0.05, 0.1) is 11.5 Å². The zero-order chi connectivity index (χ0) is 7.83. The van der Waals surface area contributed by atoms with Crippen molar-refractivity contribution in [1.29, 1.82) is 0 Å². The summed E-state index contributed by atoms with van der Waals surface area (Å²) in [7, 11) is -2.74. The molecule has 0 bridgehead atoms. The van der Waals surface area contributed by atoms with Gasteiger partial charge in [0.25, 0.3) is 0 Å². The summed E-state index contributed by atoms with van der Waals surface area (Å²) in [5.41, 5.74) is -0.154. The third-order valence-electron chi connectivity index (χ3n) is 2.03. The van der Waals surface area contributed by atoms with Crippen molar-refractivity contribution >= 4 is 9.84 Å². The van der Waals surface area contributed by atoms with Crippen LogP contribution in [-0.4, -0.2) is 19.9 Å². The summed E-state index contributed by atoms with van der Waals surface area (Å²) in [6, 6.07) is 0. The van der Waals surface area contributed by atoms with Gasteiger partial charge in [-0.05, 0) is 6.42 Å². The van der Waals surface area contributed by atoms with Gasteiger partial charge in [-0.1, -0.05) is 13.0 Å². The Labute approximate surface area is 61.9 Å². The molecule has 0 aromatic heterocycles. The number of allylic oxidation sites excluding steroid dienone is 1. The van der Waals surface area contributed by atoms with E-state index in [-0.39, 0.29) is 11.2 Å². The number of rotatable bonds is 1. The molecule has 0 spiro atoms. The third kappa shape index (κ3) is 1.40. The number of hydrogen-bond donors (Lipinski definition) is 0. The van der Waals surface area contributed by atoms with Crippen LogP contribution in [0.4, 0.5) is 0 Å². The van der Waals surface area contributed by atoms with E-state index in [2.05, 4.69) is 6.58 Å². The van der Waals surface area contributed by atoms with Crippen molar-refractivity contribution in [1.82, 2.24) is 0 Å². The second kappa shape index (κ2) is 2.09. The van der Waals surface area contributed by atoms with E-state index in [0.717, 1.165) is 6.42 Å². The molecule has 1 rings (SSSR count). The lowest BCUT2D eigenvalue weighted by molar-refractivity contribution is 0.495. The molecular formula is C7H12O2S. The van der Waals surface area contributed by atoms with Gasteiger partial charge >= 0.3 is 0 Å². The molecule has 1 aliphatic heterocycles. The minimum atomic E-state index is -2.74. The molecule has 3 heteroatoms. The van der Waals surface area contributed by atoms with Gasteiger partial charge in [-0.3, -0.25) is 0 Å².